The number of anilines is 1. The van der Waals surface area contributed by atoms with Crippen LogP contribution in [-0.4, -0.2) is 11.6 Å². The van der Waals surface area contributed by atoms with Crippen LogP contribution < -0.4 is 5.73 Å². The SMILES string of the molecule is CC(C)(C)OC(=O)c1sc(-c2ccc(F)cc2Br)cc1N. The molecule has 1 heterocycles. The number of benzene rings is 1. The molecule has 0 aliphatic carbocycles. The molecule has 112 valence electrons. The molecule has 21 heavy (non-hydrogen) atoms. The largest absolute Gasteiger partial charge is 0.456 e. The van der Waals surface area contributed by atoms with E-state index in [1.165, 1.54) is 23.5 Å². The molecule has 0 radical (unpaired) electrons. The van der Waals surface area contributed by atoms with Crippen molar-refractivity contribution in [3.05, 3.63) is 39.4 Å². The molecule has 2 rings (SSSR count). The Morgan fingerprint density at radius 3 is 2.57 bits per heavy atom. The van der Waals surface area contributed by atoms with Gasteiger partial charge in [-0.05, 0) is 45.0 Å². The van der Waals surface area contributed by atoms with E-state index in [9.17, 15) is 9.18 Å². The van der Waals surface area contributed by atoms with Crippen molar-refractivity contribution in [3.63, 3.8) is 0 Å². The van der Waals surface area contributed by atoms with Crippen molar-refractivity contribution in [1.82, 2.24) is 0 Å². The lowest BCUT2D eigenvalue weighted by Gasteiger charge is -2.18. The van der Waals surface area contributed by atoms with E-state index in [-0.39, 0.29) is 5.82 Å². The quantitative estimate of drug-likeness (QED) is 0.767. The second kappa shape index (κ2) is 5.77. The minimum atomic E-state index is -0.579. The molecule has 0 bridgehead atoms. The molecule has 3 nitrogen and oxygen atoms in total. The van der Waals surface area contributed by atoms with E-state index < -0.39 is 11.6 Å². The van der Waals surface area contributed by atoms with Crippen molar-refractivity contribution >= 4 is 38.9 Å². The third kappa shape index (κ3) is 3.83. The Morgan fingerprint density at radius 1 is 1.33 bits per heavy atom. The number of hydrogen-bond donors (Lipinski definition) is 1. The van der Waals surface area contributed by atoms with Crippen LogP contribution in [0.2, 0.25) is 0 Å². The Labute approximate surface area is 135 Å². The van der Waals surface area contributed by atoms with Crippen LogP contribution in [0.25, 0.3) is 10.4 Å². The molecule has 0 saturated heterocycles. The van der Waals surface area contributed by atoms with Crippen molar-refractivity contribution < 1.29 is 13.9 Å². The van der Waals surface area contributed by atoms with Gasteiger partial charge >= 0.3 is 5.97 Å². The zero-order valence-electron chi connectivity index (χ0n) is 11.9. The van der Waals surface area contributed by atoms with Gasteiger partial charge in [-0.25, -0.2) is 9.18 Å². The number of carbonyl (C=O) groups is 1. The number of hydrogen-bond acceptors (Lipinski definition) is 4. The summed E-state index contributed by atoms with van der Waals surface area (Å²) in [4.78, 5) is 13.2. The highest BCUT2D eigenvalue weighted by Gasteiger charge is 2.22. The summed E-state index contributed by atoms with van der Waals surface area (Å²) in [6, 6.07) is 6.08. The van der Waals surface area contributed by atoms with Gasteiger partial charge in [0.2, 0.25) is 0 Å². The highest BCUT2D eigenvalue weighted by Crippen LogP contribution is 2.38. The first-order chi connectivity index (χ1) is 9.67. The molecule has 0 saturated carbocycles. The van der Waals surface area contributed by atoms with E-state index in [0.29, 0.717) is 15.0 Å². The van der Waals surface area contributed by atoms with Gasteiger partial charge in [0.1, 0.15) is 16.3 Å². The number of ether oxygens (including phenoxy) is 1. The predicted octanol–water partition coefficient (Wildman–Crippen LogP) is 4.85. The normalized spacial score (nSPS) is 11.5. The number of esters is 1. The fraction of sp³-hybridized carbons (Fsp3) is 0.267. The van der Waals surface area contributed by atoms with Crippen LogP contribution in [0.3, 0.4) is 0 Å². The first-order valence-electron chi connectivity index (χ1n) is 6.25. The molecule has 0 unspecified atom stereocenters. The zero-order chi connectivity index (χ0) is 15.8. The molecule has 1 aromatic carbocycles. The summed E-state index contributed by atoms with van der Waals surface area (Å²) in [6.45, 7) is 5.39. The number of rotatable bonds is 2. The molecule has 2 aromatic rings. The summed E-state index contributed by atoms with van der Waals surface area (Å²) in [7, 11) is 0. The van der Waals surface area contributed by atoms with Crippen molar-refractivity contribution in [2.45, 2.75) is 26.4 Å². The maximum atomic E-state index is 13.1. The van der Waals surface area contributed by atoms with E-state index in [4.69, 9.17) is 10.5 Å². The van der Waals surface area contributed by atoms with Crippen LogP contribution in [0.4, 0.5) is 10.1 Å². The van der Waals surface area contributed by atoms with Crippen LogP contribution in [0.15, 0.2) is 28.7 Å². The molecule has 0 fully saturated rings. The third-order valence-electron chi connectivity index (χ3n) is 2.54. The third-order valence-corrected chi connectivity index (χ3v) is 4.36. The summed E-state index contributed by atoms with van der Waals surface area (Å²) in [5, 5.41) is 0. The number of carbonyl (C=O) groups excluding carboxylic acids is 1. The van der Waals surface area contributed by atoms with Gasteiger partial charge in [-0.3, -0.25) is 0 Å². The summed E-state index contributed by atoms with van der Waals surface area (Å²) in [5.74, 6) is -0.781. The molecular weight excluding hydrogens is 357 g/mol. The Morgan fingerprint density at radius 2 is 2.00 bits per heavy atom. The average Bonchev–Trinajstić information content (AvgIpc) is 2.68. The second-order valence-electron chi connectivity index (χ2n) is 5.52. The molecule has 2 N–H and O–H groups in total. The molecule has 0 aliphatic heterocycles. The second-order valence-corrected chi connectivity index (χ2v) is 7.43. The highest BCUT2D eigenvalue weighted by molar-refractivity contribution is 9.10. The Balaban J connectivity index is 2.37. The van der Waals surface area contributed by atoms with Gasteiger partial charge in [0.25, 0.3) is 0 Å². The van der Waals surface area contributed by atoms with Crippen LogP contribution in [-0.2, 0) is 4.74 Å². The Kier molecular flexibility index (Phi) is 4.39. The smallest absolute Gasteiger partial charge is 0.350 e. The summed E-state index contributed by atoms with van der Waals surface area (Å²) >= 11 is 4.54. The van der Waals surface area contributed by atoms with Gasteiger partial charge in [0, 0.05) is 14.9 Å². The molecule has 1 aromatic heterocycles. The van der Waals surface area contributed by atoms with Gasteiger partial charge in [0.05, 0.1) is 5.69 Å². The number of nitrogen functional groups attached to an aromatic ring is 1. The van der Waals surface area contributed by atoms with Crippen molar-refractivity contribution in [2.75, 3.05) is 5.73 Å². The number of thiophene rings is 1. The van der Waals surface area contributed by atoms with E-state index in [0.717, 1.165) is 10.4 Å². The van der Waals surface area contributed by atoms with Crippen molar-refractivity contribution in [3.8, 4) is 10.4 Å². The van der Waals surface area contributed by atoms with Crippen LogP contribution in [0.1, 0.15) is 30.4 Å². The van der Waals surface area contributed by atoms with Crippen LogP contribution in [0.5, 0.6) is 0 Å². The summed E-state index contributed by atoms with van der Waals surface area (Å²) < 4.78 is 19.1. The van der Waals surface area contributed by atoms with Gasteiger partial charge in [0.15, 0.2) is 0 Å². The molecule has 0 aliphatic rings. The fourth-order valence-electron chi connectivity index (χ4n) is 1.71. The lowest BCUT2D eigenvalue weighted by Crippen LogP contribution is -2.23. The van der Waals surface area contributed by atoms with E-state index >= 15 is 0 Å². The maximum absolute atomic E-state index is 13.1. The minimum Gasteiger partial charge on any atom is -0.456 e. The van der Waals surface area contributed by atoms with Crippen LogP contribution in [0, 0.1) is 5.82 Å². The first kappa shape index (κ1) is 16.0. The lowest BCUT2D eigenvalue weighted by atomic mass is 10.2. The predicted molar refractivity (Wildman–Crippen MR) is 87.0 cm³/mol. The Bertz CT molecular complexity index is 691. The lowest BCUT2D eigenvalue weighted by molar-refractivity contribution is 0.00764. The summed E-state index contributed by atoms with van der Waals surface area (Å²) in [6.07, 6.45) is 0. The average molecular weight is 372 g/mol. The summed E-state index contributed by atoms with van der Waals surface area (Å²) in [5.41, 5.74) is 6.46. The van der Waals surface area contributed by atoms with Crippen molar-refractivity contribution in [2.24, 2.45) is 0 Å². The molecule has 0 spiro atoms. The number of nitrogens with two attached hydrogens (primary N) is 1. The minimum absolute atomic E-state index is 0.331. The Hall–Kier alpha value is -1.40. The van der Waals surface area contributed by atoms with Gasteiger partial charge in [-0.2, -0.15) is 0 Å². The molecule has 0 amide bonds. The first-order valence-corrected chi connectivity index (χ1v) is 7.86. The fourth-order valence-corrected chi connectivity index (χ4v) is 3.40. The van der Waals surface area contributed by atoms with E-state index in [2.05, 4.69) is 15.9 Å². The van der Waals surface area contributed by atoms with Gasteiger partial charge in [-0.15, -0.1) is 11.3 Å². The standard InChI is InChI=1S/C15H15BrFNO2S/c1-15(2,3)20-14(19)13-11(18)7-12(21-13)9-5-4-8(17)6-10(9)16/h4-7H,18H2,1-3H3. The monoisotopic (exact) mass is 371 g/mol. The van der Waals surface area contributed by atoms with E-state index in [1.54, 1.807) is 32.9 Å². The van der Waals surface area contributed by atoms with Crippen LogP contribution >= 0.6 is 27.3 Å². The van der Waals surface area contributed by atoms with E-state index in [1.807, 2.05) is 0 Å². The maximum Gasteiger partial charge on any atom is 0.350 e. The van der Waals surface area contributed by atoms with Gasteiger partial charge < -0.3 is 10.5 Å². The van der Waals surface area contributed by atoms with Gasteiger partial charge in [-0.1, -0.05) is 15.9 Å². The van der Waals surface area contributed by atoms with Crippen molar-refractivity contribution in [1.29, 1.82) is 0 Å². The molecule has 6 heteroatoms. The topological polar surface area (TPSA) is 52.3 Å². The number of halogens is 2. The highest BCUT2D eigenvalue weighted by atomic mass is 79.9. The zero-order valence-corrected chi connectivity index (χ0v) is 14.3. The molecular formula is C15H15BrFNO2S. The molecule has 0 atom stereocenters.